The highest BCUT2D eigenvalue weighted by Gasteiger charge is 2.05. The monoisotopic (exact) mass is 472 g/mol. The number of hydrogen-bond donors (Lipinski definition) is 3. The van der Waals surface area contributed by atoms with E-state index in [1.165, 1.54) is 0 Å². The largest absolute Gasteiger partial charge is 0.379 e. The van der Waals surface area contributed by atoms with Gasteiger partial charge in [0.25, 0.3) is 0 Å². The number of carbonyl (C=O) groups is 1. The maximum atomic E-state index is 11.5. The van der Waals surface area contributed by atoms with E-state index in [9.17, 15) is 4.79 Å². The number of guanidine groups is 1. The first-order chi connectivity index (χ1) is 11.6. The standard InChI is InChI=1S/C17H36N4O3.HI/c1-5-7-11-23-13-14-24-12-10-21-17(18-6-2)20-9-8-19-16(22)15(3)4;/h15H,5-14H2,1-4H3,(H,19,22)(H2,18,20,21);1H. The molecule has 1 amide bonds. The molecule has 0 saturated carbocycles. The zero-order valence-electron chi connectivity index (χ0n) is 16.2. The maximum absolute atomic E-state index is 11.5. The average molecular weight is 472 g/mol. The fourth-order valence-electron chi connectivity index (χ4n) is 1.70. The lowest BCUT2D eigenvalue weighted by atomic mass is 10.2. The van der Waals surface area contributed by atoms with Gasteiger partial charge in [0.05, 0.1) is 26.4 Å². The van der Waals surface area contributed by atoms with Gasteiger partial charge in [0.2, 0.25) is 5.91 Å². The summed E-state index contributed by atoms with van der Waals surface area (Å²) < 4.78 is 10.9. The minimum Gasteiger partial charge on any atom is -0.379 e. The molecule has 0 bridgehead atoms. The Morgan fingerprint density at radius 2 is 1.60 bits per heavy atom. The van der Waals surface area contributed by atoms with Gasteiger partial charge in [0.15, 0.2) is 5.96 Å². The molecule has 3 N–H and O–H groups in total. The number of ether oxygens (including phenoxy) is 2. The van der Waals surface area contributed by atoms with Gasteiger partial charge >= 0.3 is 0 Å². The second-order valence-electron chi connectivity index (χ2n) is 5.71. The molecule has 25 heavy (non-hydrogen) atoms. The summed E-state index contributed by atoms with van der Waals surface area (Å²) >= 11 is 0. The minimum atomic E-state index is 0. The number of nitrogens with one attached hydrogen (secondary N) is 3. The van der Waals surface area contributed by atoms with E-state index in [0.29, 0.717) is 39.5 Å². The molecule has 0 aromatic heterocycles. The molecule has 0 rings (SSSR count). The van der Waals surface area contributed by atoms with Gasteiger partial charge in [0.1, 0.15) is 0 Å². The quantitative estimate of drug-likeness (QED) is 0.155. The molecule has 0 atom stereocenters. The average Bonchev–Trinajstić information content (AvgIpc) is 2.56. The predicted molar refractivity (Wildman–Crippen MR) is 114 cm³/mol. The lowest BCUT2D eigenvalue weighted by molar-refractivity contribution is -0.123. The van der Waals surface area contributed by atoms with Crippen LogP contribution in [-0.2, 0) is 14.3 Å². The van der Waals surface area contributed by atoms with Crippen LogP contribution >= 0.6 is 24.0 Å². The van der Waals surface area contributed by atoms with Crippen molar-refractivity contribution in [2.24, 2.45) is 10.9 Å². The zero-order chi connectivity index (χ0) is 18.0. The summed E-state index contributed by atoms with van der Waals surface area (Å²) in [5.74, 6) is 0.808. The molecule has 0 heterocycles. The molecule has 0 aliphatic heterocycles. The first-order valence-electron chi connectivity index (χ1n) is 9.07. The van der Waals surface area contributed by atoms with Crippen molar-refractivity contribution < 1.29 is 14.3 Å². The second kappa shape index (κ2) is 19.7. The van der Waals surface area contributed by atoms with Gasteiger partial charge in [-0.15, -0.1) is 24.0 Å². The summed E-state index contributed by atoms with van der Waals surface area (Å²) in [6.45, 7) is 13.1. The van der Waals surface area contributed by atoms with E-state index in [1.807, 2.05) is 20.8 Å². The highest BCUT2D eigenvalue weighted by atomic mass is 127. The lowest BCUT2D eigenvalue weighted by Crippen LogP contribution is -2.42. The van der Waals surface area contributed by atoms with Crippen molar-refractivity contribution >= 4 is 35.8 Å². The number of rotatable bonds is 14. The van der Waals surface area contributed by atoms with Crippen molar-refractivity contribution in [3.63, 3.8) is 0 Å². The van der Waals surface area contributed by atoms with Gasteiger partial charge in [-0.2, -0.15) is 0 Å². The molecule has 7 nitrogen and oxygen atoms in total. The third-order valence-electron chi connectivity index (χ3n) is 3.11. The number of aliphatic imine (C=N–C) groups is 1. The van der Waals surface area contributed by atoms with Crippen LogP contribution in [0.15, 0.2) is 4.99 Å². The molecule has 0 saturated heterocycles. The summed E-state index contributed by atoms with van der Waals surface area (Å²) in [5.41, 5.74) is 0. The van der Waals surface area contributed by atoms with Gasteiger partial charge in [-0.3, -0.25) is 9.79 Å². The van der Waals surface area contributed by atoms with E-state index in [4.69, 9.17) is 9.47 Å². The van der Waals surface area contributed by atoms with Crippen molar-refractivity contribution in [3.8, 4) is 0 Å². The molecule has 0 radical (unpaired) electrons. The highest BCUT2D eigenvalue weighted by Crippen LogP contribution is 1.89. The van der Waals surface area contributed by atoms with Gasteiger partial charge in [0, 0.05) is 32.2 Å². The Morgan fingerprint density at radius 1 is 0.960 bits per heavy atom. The molecule has 150 valence electrons. The van der Waals surface area contributed by atoms with Crippen molar-refractivity contribution in [2.45, 2.75) is 40.5 Å². The number of amides is 1. The van der Waals surface area contributed by atoms with E-state index >= 15 is 0 Å². The Labute approximate surface area is 170 Å². The molecule has 0 spiro atoms. The first kappa shape index (κ1) is 26.6. The van der Waals surface area contributed by atoms with Crippen LogP contribution in [0.25, 0.3) is 0 Å². The Hall–Kier alpha value is -0.610. The molecule has 0 aliphatic carbocycles. The highest BCUT2D eigenvalue weighted by molar-refractivity contribution is 14.0. The van der Waals surface area contributed by atoms with Crippen LogP contribution in [0, 0.1) is 5.92 Å². The van der Waals surface area contributed by atoms with Gasteiger partial charge in [-0.05, 0) is 13.3 Å². The van der Waals surface area contributed by atoms with Crippen LogP contribution < -0.4 is 16.0 Å². The maximum Gasteiger partial charge on any atom is 0.222 e. The zero-order valence-corrected chi connectivity index (χ0v) is 18.6. The normalized spacial score (nSPS) is 11.2. The third kappa shape index (κ3) is 18.0. The molecule has 8 heteroatoms. The summed E-state index contributed by atoms with van der Waals surface area (Å²) in [7, 11) is 0. The minimum absolute atomic E-state index is 0. The topological polar surface area (TPSA) is 84.0 Å². The van der Waals surface area contributed by atoms with Crippen molar-refractivity contribution in [2.75, 3.05) is 52.6 Å². The van der Waals surface area contributed by atoms with Crippen molar-refractivity contribution in [1.82, 2.24) is 16.0 Å². The van der Waals surface area contributed by atoms with Gasteiger partial charge in [-0.25, -0.2) is 0 Å². The number of halogens is 1. The van der Waals surface area contributed by atoms with Gasteiger partial charge in [-0.1, -0.05) is 27.2 Å². The molecule has 0 aromatic rings. The van der Waals surface area contributed by atoms with Crippen LogP contribution in [0.5, 0.6) is 0 Å². The predicted octanol–water partition coefficient (Wildman–Crippen LogP) is 1.77. The summed E-state index contributed by atoms with van der Waals surface area (Å²) in [4.78, 5) is 15.9. The number of hydrogen-bond acceptors (Lipinski definition) is 4. The summed E-state index contributed by atoms with van der Waals surface area (Å²) in [6, 6.07) is 0. The van der Waals surface area contributed by atoms with Crippen LogP contribution in [0.1, 0.15) is 40.5 Å². The summed E-state index contributed by atoms with van der Waals surface area (Å²) in [5, 5.41) is 9.21. The Kier molecular flexibility index (Phi) is 21.0. The molecule has 0 fully saturated rings. The fourth-order valence-corrected chi connectivity index (χ4v) is 1.70. The SMILES string of the molecule is CCCCOCCOCCN=C(NCC)NCCNC(=O)C(C)C.I. The van der Waals surface area contributed by atoms with E-state index in [1.54, 1.807) is 0 Å². The number of carbonyl (C=O) groups excluding carboxylic acids is 1. The fraction of sp³-hybridized carbons (Fsp3) is 0.882. The molecule has 0 aromatic carbocycles. The smallest absolute Gasteiger partial charge is 0.222 e. The molecule has 0 unspecified atom stereocenters. The van der Waals surface area contributed by atoms with Crippen molar-refractivity contribution in [1.29, 1.82) is 0 Å². The van der Waals surface area contributed by atoms with Crippen LogP contribution in [0.4, 0.5) is 0 Å². The van der Waals surface area contributed by atoms with Crippen molar-refractivity contribution in [3.05, 3.63) is 0 Å². The molecule has 0 aliphatic rings. The molecular weight excluding hydrogens is 435 g/mol. The lowest BCUT2D eigenvalue weighted by Gasteiger charge is -2.12. The Morgan fingerprint density at radius 3 is 2.20 bits per heavy atom. The van der Waals surface area contributed by atoms with E-state index in [2.05, 4.69) is 27.9 Å². The summed E-state index contributed by atoms with van der Waals surface area (Å²) in [6.07, 6.45) is 2.25. The van der Waals surface area contributed by atoms with E-state index < -0.39 is 0 Å². The van der Waals surface area contributed by atoms with Crippen LogP contribution in [0.2, 0.25) is 0 Å². The number of unbranched alkanes of at least 4 members (excludes halogenated alkanes) is 1. The van der Waals surface area contributed by atoms with E-state index in [-0.39, 0.29) is 35.8 Å². The first-order valence-corrected chi connectivity index (χ1v) is 9.07. The Bertz CT molecular complexity index is 342. The van der Waals surface area contributed by atoms with Crippen LogP contribution in [0.3, 0.4) is 0 Å². The molecular formula is C17H37IN4O3. The van der Waals surface area contributed by atoms with Gasteiger partial charge < -0.3 is 25.4 Å². The third-order valence-corrected chi connectivity index (χ3v) is 3.11. The number of nitrogens with zero attached hydrogens (tertiary/aromatic N) is 1. The van der Waals surface area contributed by atoms with Crippen LogP contribution in [-0.4, -0.2) is 64.5 Å². The van der Waals surface area contributed by atoms with E-state index in [0.717, 1.165) is 32.0 Å². The second-order valence-corrected chi connectivity index (χ2v) is 5.71. The Balaban J connectivity index is 0.